The molecule has 14 heavy (non-hydrogen) atoms. The lowest BCUT2D eigenvalue weighted by Gasteiger charge is -2.13. The molecule has 78 valence electrons. The van der Waals surface area contributed by atoms with Gasteiger partial charge in [-0.15, -0.1) is 0 Å². The van der Waals surface area contributed by atoms with E-state index in [0.29, 0.717) is 12.4 Å². The van der Waals surface area contributed by atoms with Gasteiger partial charge in [-0.2, -0.15) is 0 Å². The average molecular weight is 196 g/mol. The van der Waals surface area contributed by atoms with E-state index in [0.717, 1.165) is 13.0 Å². The van der Waals surface area contributed by atoms with Crippen LogP contribution in [0.3, 0.4) is 0 Å². The fourth-order valence-corrected chi connectivity index (χ4v) is 1.03. The molecule has 1 heterocycles. The highest BCUT2D eigenvalue weighted by Crippen LogP contribution is 2.05. The van der Waals surface area contributed by atoms with Crippen molar-refractivity contribution in [3.05, 3.63) is 24.3 Å². The molecule has 0 aromatic carbocycles. The van der Waals surface area contributed by atoms with E-state index in [1.165, 1.54) is 0 Å². The maximum absolute atomic E-state index is 5.38. The van der Waals surface area contributed by atoms with E-state index in [1.54, 1.807) is 18.5 Å². The van der Waals surface area contributed by atoms with Crippen LogP contribution in [0.2, 0.25) is 0 Å². The third-order valence-electron chi connectivity index (χ3n) is 1.73. The standard InChI is InChI=1S/C9H16N4O/c1-2-6-14-7-8(13-10)9-11-4-3-5-12-9/h3-5,8,13H,2,6-7,10H2,1H3. The second-order valence-corrected chi connectivity index (χ2v) is 2.90. The van der Waals surface area contributed by atoms with Crippen LogP contribution in [-0.4, -0.2) is 23.2 Å². The quantitative estimate of drug-likeness (QED) is 0.391. The van der Waals surface area contributed by atoms with Gasteiger partial charge in [0.15, 0.2) is 0 Å². The number of ether oxygens (including phenoxy) is 1. The van der Waals surface area contributed by atoms with Gasteiger partial charge in [0.2, 0.25) is 0 Å². The largest absolute Gasteiger partial charge is 0.379 e. The number of hydrogen-bond donors (Lipinski definition) is 2. The van der Waals surface area contributed by atoms with Crippen molar-refractivity contribution in [2.24, 2.45) is 5.84 Å². The predicted octanol–water partition coefficient (Wildman–Crippen LogP) is 0.408. The number of nitrogens with one attached hydrogen (secondary N) is 1. The van der Waals surface area contributed by atoms with Crippen molar-refractivity contribution >= 4 is 0 Å². The van der Waals surface area contributed by atoms with Gasteiger partial charge in [0.05, 0.1) is 6.61 Å². The minimum absolute atomic E-state index is 0.136. The highest BCUT2D eigenvalue weighted by atomic mass is 16.5. The fraction of sp³-hybridized carbons (Fsp3) is 0.556. The predicted molar refractivity (Wildman–Crippen MR) is 53.2 cm³/mol. The van der Waals surface area contributed by atoms with Crippen molar-refractivity contribution in [2.75, 3.05) is 13.2 Å². The van der Waals surface area contributed by atoms with Gasteiger partial charge in [0.25, 0.3) is 0 Å². The van der Waals surface area contributed by atoms with Gasteiger partial charge in [0.1, 0.15) is 11.9 Å². The summed E-state index contributed by atoms with van der Waals surface area (Å²) in [5, 5.41) is 0. The monoisotopic (exact) mass is 196 g/mol. The molecular weight excluding hydrogens is 180 g/mol. The van der Waals surface area contributed by atoms with E-state index in [9.17, 15) is 0 Å². The summed E-state index contributed by atoms with van der Waals surface area (Å²) in [5.41, 5.74) is 2.63. The maximum atomic E-state index is 5.38. The van der Waals surface area contributed by atoms with Gasteiger partial charge in [-0.3, -0.25) is 5.84 Å². The number of aromatic nitrogens is 2. The Morgan fingerprint density at radius 2 is 2.21 bits per heavy atom. The Labute approximate surface area is 83.7 Å². The third-order valence-corrected chi connectivity index (χ3v) is 1.73. The normalized spacial score (nSPS) is 12.7. The van der Waals surface area contributed by atoms with E-state index in [-0.39, 0.29) is 6.04 Å². The van der Waals surface area contributed by atoms with Gasteiger partial charge in [0, 0.05) is 19.0 Å². The zero-order valence-corrected chi connectivity index (χ0v) is 8.31. The van der Waals surface area contributed by atoms with Crippen LogP contribution in [0.1, 0.15) is 25.2 Å². The highest BCUT2D eigenvalue weighted by Gasteiger charge is 2.11. The van der Waals surface area contributed by atoms with Crippen LogP contribution in [0.15, 0.2) is 18.5 Å². The van der Waals surface area contributed by atoms with Crippen molar-refractivity contribution < 1.29 is 4.74 Å². The van der Waals surface area contributed by atoms with E-state index < -0.39 is 0 Å². The molecule has 0 radical (unpaired) electrons. The molecule has 1 aromatic rings. The van der Waals surface area contributed by atoms with Crippen LogP contribution in [-0.2, 0) is 4.74 Å². The summed E-state index contributed by atoms with van der Waals surface area (Å²) in [6, 6.07) is 1.63. The molecule has 5 heteroatoms. The molecule has 1 unspecified atom stereocenters. The van der Waals surface area contributed by atoms with Crippen LogP contribution < -0.4 is 11.3 Å². The second-order valence-electron chi connectivity index (χ2n) is 2.90. The highest BCUT2D eigenvalue weighted by molar-refractivity contribution is 4.95. The molecule has 0 aliphatic carbocycles. The summed E-state index contributed by atoms with van der Waals surface area (Å²) in [6.07, 6.45) is 4.37. The Morgan fingerprint density at radius 3 is 2.79 bits per heavy atom. The van der Waals surface area contributed by atoms with Gasteiger partial charge < -0.3 is 4.74 Å². The van der Waals surface area contributed by atoms with Crippen molar-refractivity contribution in [3.63, 3.8) is 0 Å². The topological polar surface area (TPSA) is 73.1 Å². The molecule has 1 rings (SSSR count). The first-order valence-electron chi connectivity index (χ1n) is 4.69. The van der Waals surface area contributed by atoms with E-state index in [2.05, 4.69) is 22.3 Å². The SMILES string of the molecule is CCCOCC(NN)c1ncccn1. The molecule has 0 saturated heterocycles. The van der Waals surface area contributed by atoms with Crippen molar-refractivity contribution in [1.82, 2.24) is 15.4 Å². The molecule has 3 N–H and O–H groups in total. The summed E-state index contributed by atoms with van der Waals surface area (Å²) in [5.74, 6) is 6.04. The second kappa shape index (κ2) is 6.42. The molecule has 0 fully saturated rings. The summed E-state index contributed by atoms with van der Waals surface area (Å²) in [6.45, 7) is 3.28. The summed E-state index contributed by atoms with van der Waals surface area (Å²) in [4.78, 5) is 8.19. The van der Waals surface area contributed by atoms with Gasteiger partial charge in [-0.1, -0.05) is 6.92 Å². The van der Waals surface area contributed by atoms with Crippen LogP contribution in [0.25, 0.3) is 0 Å². The van der Waals surface area contributed by atoms with Gasteiger partial charge in [-0.25, -0.2) is 15.4 Å². The Hall–Kier alpha value is -1.04. The fourth-order valence-electron chi connectivity index (χ4n) is 1.03. The Kier molecular flexibility index (Phi) is 5.06. The maximum Gasteiger partial charge on any atom is 0.148 e. The lowest BCUT2D eigenvalue weighted by Crippen LogP contribution is -2.32. The van der Waals surface area contributed by atoms with Crippen LogP contribution in [0.4, 0.5) is 0 Å². The van der Waals surface area contributed by atoms with Crippen molar-refractivity contribution in [1.29, 1.82) is 0 Å². The zero-order valence-electron chi connectivity index (χ0n) is 8.31. The number of nitrogens with zero attached hydrogens (tertiary/aromatic N) is 2. The number of hydrogen-bond acceptors (Lipinski definition) is 5. The van der Waals surface area contributed by atoms with Crippen molar-refractivity contribution in [2.45, 2.75) is 19.4 Å². The number of hydrazine groups is 1. The molecule has 1 atom stereocenters. The minimum Gasteiger partial charge on any atom is -0.379 e. The summed E-state index contributed by atoms with van der Waals surface area (Å²) >= 11 is 0. The molecule has 0 aliphatic rings. The van der Waals surface area contributed by atoms with E-state index >= 15 is 0 Å². The number of rotatable bonds is 6. The molecular formula is C9H16N4O. The molecule has 0 aliphatic heterocycles. The molecule has 1 aromatic heterocycles. The molecule has 0 bridgehead atoms. The van der Waals surface area contributed by atoms with Gasteiger partial charge >= 0.3 is 0 Å². The van der Waals surface area contributed by atoms with Crippen LogP contribution >= 0.6 is 0 Å². The first kappa shape index (κ1) is 11.0. The number of nitrogens with two attached hydrogens (primary N) is 1. The molecule has 0 spiro atoms. The lowest BCUT2D eigenvalue weighted by molar-refractivity contribution is 0.110. The smallest absolute Gasteiger partial charge is 0.148 e. The Morgan fingerprint density at radius 1 is 1.50 bits per heavy atom. The lowest BCUT2D eigenvalue weighted by atomic mass is 10.3. The zero-order chi connectivity index (χ0) is 10.2. The van der Waals surface area contributed by atoms with Crippen LogP contribution in [0, 0.1) is 0 Å². The van der Waals surface area contributed by atoms with E-state index in [1.807, 2.05) is 0 Å². The molecule has 5 nitrogen and oxygen atoms in total. The van der Waals surface area contributed by atoms with Crippen molar-refractivity contribution in [3.8, 4) is 0 Å². The van der Waals surface area contributed by atoms with Gasteiger partial charge in [-0.05, 0) is 12.5 Å². The first-order chi connectivity index (χ1) is 6.88. The molecule has 0 saturated carbocycles. The first-order valence-corrected chi connectivity index (χ1v) is 4.69. The van der Waals surface area contributed by atoms with E-state index in [4.69, 9.17) is 10.6 Å². The average Bonchev–Trinajstić information content (AvgIpc) is 2.26. The Balaban J connectivity index is 2.46. The third kappa shape index (κ3) is 3.37. The Bertz CT molecular complexity index is 242. The molecule has 0 amide bonds. The minimum atomic E-state index is -0.136. The summed E-state index contributed by atoms with van der Waals surface area (Å²) in [7, 11) is 0. The van der Waals surface area contributed by atoms with Crippen LogP contribution in [0.5, 0.6) is 0 Å². The summed E-state index contributed by atoms with van der Waals surface area (Å²) < 4.78 is 5.37.